The fourth-order valence-electron chi connectivity index (χ4n) is 5.86. The standard InChI is InChI=1S/C31H40N8O5/c1-21(40)39-16-24(17-39)34-29-12-28(35-31(36-29)38-8-3-2-4-9-38)30(42)33-13-25(41)18-37-10-7-22-11-26(6-5-23(22)15-37)43-19-27-14-32-20-44-27/h5-6,11-12,14,20,24-25,41H,2-4,7-10,13,15-19H2,1H3,(H,33,42)(H,34,35,36). The zero-order chi connectivity index (χ0) is 30.5. The van der Waals surface area contributed by atoms with Crippen molar-refractivity contribution in [2.75, 3.05) is 56.0 Å². The molecule has 1 unspecified atom stereocenters. The van der Waals surface area contributed by atoms with Gasteiger partial charge >= 0.3 is 0 Å². The number of benzene rings is 1. The molecule has 0 spiro atoms. The van der Waals surface area contributed by atoms with E-state index in [0.717, 1.165) is 44.6 Å². The second-order valence-electron chi connectivity index (χ2n) is 11.8. The molecule has 3 aromatic rings. The second kappa shape index (κ2) is 13.6. The van der Waals surface area contributed by atoms with E-state index in [1.807, 2.05) is 6.07 Å². The molecule has 234 valence electrons. The minimum Gasteiger partial charge on any atom is -0.486 e. The number of rotatable bonds is 11. The van der Waals surface area contributed by atoms with Gasteiger partial charge in [-0.3, -0.25) is 14.5 Å². The zero-order valence-corrected chi connectivity index (χ0v) is 25.1. The third-order valence-corrected chi connectivity index (χ3v) is 8.37. The van der Waals surface area contributed by atoms with Crippen LogP contribution in [0.1, 0.15) is 53.6 Å². The summed E-state index contributed by atoms with van der Waals surface area (Å²) in [6, 6.07) is 7.80. The number of oxazole rings is 1. The first kappa shape index (κ1) is 29.8. The molecule has 3 N–H and O–H groups in total. The number of aliphatic hydroxyl groups is 1. The van der Waals surface area contributed by atoms with Gasteiger partial charge in [0.1, 0.15) is 23.9 Å². The quantitative estimate of drug-likeness (QED) is 0.294. The highest BCUT2D eigenvalue weighted by molar-refractivity contribution is 5.93. The van der Waals surface area contributed by atoms with Crippen molar-refractivity contribution in [3.05, 3.63) is 59.4 Å². The van der Waals surface area contributed by atoms with Crippen molar-refractivity contribution in [2.45, 2.75) is 57.9 Å². The van der Waals surface area contributed by atoms with Crippen LogP contribution in [-0.2, 0) is 24.4 Å². The molecule has 0 bridgehead atoms. The molecular formula is C31H40N8O5. The van der Waals surface area contributed by atoms with Gasteiger partial charge in [0.05, 0.1) is 18.3 Å². The van der Waals surface area contributed by atoms with Crippen LogP contribution in [0.15, 0.2) is 41.3 Å². The predicted octanol–water partition coefficient (Wildman–Crippen LogP) is 1.83. The first-order valence-electron chi connectivity index (χ1n) is 15.4. The summed E-state index contributed by atoms with van der Waals surface area (Å²) in [4.78, 5) is 44.1. The summed E-state index contributed by atoms with van der Waals surface area (Å²) in [5.41, 5.74) is 2.68. The van der Waals surface area contributed by atoms with Crippen LogP contribution in [0.25, 0.3) is 0 Å². The Bertz CT molecular complexity index is 1440. The van der Waals surface area contributed by atoms with Crippen molar-refractivity contribution in [1.82, 2.24) is 30.1 Å². The maximum atomic E-state index is 13.2. The summed E-state index contributed by atoms with van der Waals surface area (Å²) in [5.74, 6) is 2.25. The van der Waals surface area contributed by atoms with E-state index in [4.69, 9.17) is 14.1 Å². The Morgan fingerprint density at radius 1 is 1.11 bits per heavy atom. The van der Waals surface area contributed by atoms with Crippen molar-refractivity contribution in [3.63, 3.8) is 0 Å². The lowest BCUT2D eigenvalue weighted by Crippen LogP contribution is -2.56. The molecule has 0 aliphatic carbocycles. The molecule has 1 aromatic carbocycles. The molecule has 3 aliphatic heterocycles. The molecule has 13 nitrogen and oxygen atoms in total. The van der Waals surface area contributed by atoms with Crippen LogP contribution >= 0.6 is 0 Å². The van der Waals surface area contributed by atoms with Crippen molar-refractivity contribution in [3.8, 4) is 5.75 Å². The number of hydrogen-bond donors (Lipinski definition) is 3. The monoisotopic (exact) mass is 604 g/mol. The highest BCUT2D eigenvalue weighted by Gasteiger charge is 2.29. The van der Waals surface area contributed by atoms with Gasteiger partial charge in [-0.1, -0.05) is 6.07 Å². The Labute approximate surface area is 256 Å². The van der Waals surface area contributed by atoms with Crippen LogP contribution in [0.4, 0.5) is 11.8 Å². The molecule has 2 fully saturated rings. The van der Waals surface area contributed by atoms with Gasteiger partial charge in [0.15, 0.2) is 12.2 Å². The first-order valence-corrected chi connectivity index (χ1v) is 15.4. The first-order chi connectivity index (χ1) is 21.4. The lowest BCUT2D eigenvalue weighted by Gasteiger charge is -2.39. The number of nitrogens with zero attached hydrogens (tertiary/aromatic N) is 6. The van der Waals surface area contributed by atoms with Crippen LogP contribution in [-0.4, -0.2) is 99.6 Å². The van der Waals surface area contributed by atoms with E-state index in [2.05, 4.69) is 42.5 Å². The van der Waals surface area contributed by atoms with Gasteiger partial charge in [0, 0.05) is 65.3 Å². The van der Waals surface area contributed by atoms with E-state index in [9.17, 15) is 14.7 Å². The molecule has 13 heteroatoms. The van der Waals surface area contributed by atoms with Gasteiger partial charge in [0.2, 0.25) is 11.9 Å². The summed E-state index contributed by atoms with van der Waals surface area (Å²) in [5, 5.41) is 17.0. The van der Waals surface area contributed by atoms with Crippen molar-refractivity contribution in [1.29, 1.82) is 0 Å². The van der Waals surface area contributed by atoms with Crippen molar-refractivity contribution < 1.29 is 23.8 Å². The Balaban J connectivity index is 1.02. The van der Waals surface area contributed by atoms with Gasteiger partial charge in [-0.2, -0.15) is 4.98 Å². The Kier molecular flexibility index (Phi) is 9.22. The van der Waals surface area contributed by atoms with Gasteiger partial charge < -0.3 is 34.7 Å². The number of carbonyl (C=O) groups excluding carboxylic acids is 2. The average Bonchev–Trinajstić information content (AvgIpc) is 3.54. The van der Waals surface area contributed by atoms with Gasteiger partial charge in [-0.15, -0.1) is 0 Å². The summed E-state index contributed by atoms with van der Waals surface area (Å²) in [7, 11) is 0. The van der Waals surface area contributed by atoms with Gasteiger partial charge in [0.25, 0.3) is 5.91 Å². The van der Waals surface area contributed by atoms with Crippen LogP contribution < -0.4 is 20.3 Å². The molecule has 1 atom stereocenters. The van der Waals surface area contributed by atoms with Gasteiger partial charge in [-0.25, -0.2) is 9.97 Å². The topological polar surface area (TPSA) is 149 Å². The van der Waals surface area contributed by atoms with Crippen molar-refractivity contribution >= 4 is 23.6 Å². The number of fused-ring (bicyclic) bond motifs is 1. The fraction of sp³-hybridized carbons (Fsp3) is 0.516. The number of amides is 2. The maximum Gasteiger partial charge on any atom is 0.270 e. The van der Waals surface area contributed by atoms with E-state index in [1.54, 1.807) is 24.1 Å². The molecule has 44 heavy (non-hydrogen) atoms. The molecule has 0 saturated carbocycles. The molecular weight excluding hydrogens is 564 g/mol. The van der Waals surface area contributed by atoms with Crippen LogP contribution in [0, 0.1) is 0 Å². The lowest BCUT2D eigenvalue weighted by molar-refractivity contribution is -0.132. The van der Waals surface area contributed by atoms with E-state index >= 15 is 0 Å². The largest absolute Gasteiger partial charge is 0.486 e. The highest BCUT2D eigenvalue weighted by atomic mass is 16.5. The number of β-amino-alcohol motifs (C(OH)–C–C–N with tert-alkyl or cyclic N) is 1. The number of piperidine rings is 1. The molecule has 5 heterocycles. The normalized spacial score (nSPS) is 17.9. The molecule has 2 amide bonds. The second-order valence-corrected chi connectivity index (χ2v) is 11.8. The number of nitrogens with one attached hydrogen (secondary N) is 2. The van der Waals surface area contributed by atoms with Gasteiger partial charge in [-0.05, 0) is 48.9 Å². The minimum atomic E-state index is -0.737. The van der Waals surface area contributed by atoms with E-state index in [-0.39, 0.29) is 30.1 Å². The smallest absolute Gasteiger partial charge is 0.270 e. The number of hydrogen-bond acceptors (Lipinski definition) is 11. The summed E-state index contributed by atoms with van der Waals surface area (Å²) in [6.07, 6.45) is 6.42. The maximum absolute atomic E-state index is 13.2. The number of ether oxygens (including phenoxy) is 1. The average molecular weight is 605 g/mol. The van der Waals surface area contributed by atoms with Crippen LogP contribution in [0.2, 0.25) is 0 Å². The number of anilines is 2. The summed E-state index contributed by atoms with van der Waals surface area (Å²) < 4.78 is 11.1. The minimum absolute atomic E-state index is 0.0473. The SMILES string of the molecule is CC(=O)N1CC(Nc2cc(C(=O)NCC(O)CN3CCc4cc(OCc5cnco5)ccc4C3)nc(N3CCCCC3)n2)C1. The number of aromatic nitrogens is 3. The fourth-order valence-corrected chi connectivity index (χ4v) is 5.86. The summed E-state index contributed by atoms with van der Waals surface area (Å²) >= 11 is 0. The Morgan fingerprint density at radius 2 is 1.95 bits per heavy atom. The third-order valence-electron chi connectivity index (χ3n) is 8.37. The third kappa shape index (κ3) is 7.45. The number of likely N-dealkylation sites (tertiary alicyclic amines) is 1. The molecule has 0 radical (unpaired) electrons. The lowest BCUT2D eigenvalue weighted by atomic mass is 9.99. The van der Waals surface area contributed by atoms with E-state index < -0.39 is 6.10 Å². The molecule has 2 aromatic heterocycles. The van der Waals surface area contributed by atoms with Crippen molar-refractivity contribution in [2.24, 2.45) is 0 Å². The molecule has 2 saturated heterocycles. The number of carbonyl (C=O) groups is 2. The highest BCUT2D eigenvalue weighted by Crippen LogP contribution is 2.25. The Morgan fingerprint density at radius 3 is 2.73 bits per heavy atom. The van der Waals surface area contributed by atoms with Crippen LogP contribution in [0.5, 0.6) is 5.75 Å². The Hall–Kier alpha value is -4.23. The summed E-state index contributed by atoms with van der Waals surface area (Å²) in [6.45, 7) is 6.85. The predicted molar refractivity (Wildman–Crippen MR) is 162 cm³/mol. The van der Waals surface area contributed by atoms with Crippen LogP contribution in [0.3, 0.4) is 0 Å². The van der Waals surface area contributed by atoms with E-state index in [1.165, 1.54) is 23.9 Å². The van der Waals surface area contributed by atoms with E-state index in [0.29, 0.717) is 50.3 Å². The molecule has 3 aliphatic rings. The number of aliphatic hydroxyl groups excluding tert-OH is 1. The zero-order valence-electron chi connectivity index (χ0n) is 25.1. The molecule has 6 rings (SSSR count).